The third kappa shape index (κ3) is 5.07. The molecule has 0 saturated carbocycles. The van der Waals surface area contributed by atoms with Crippen molar-refractivity contribution >= 4 is 35.3 Å². The van der Waals surface area contributed by atoms with Crippen LogP contribution in [0.1, 0.15) is 47.1 Å². The van der Waals surface area contributed by atoms with E-state index >= 15 is 0 Å². The van der Waals surface area contributed by atoms with Crippen molar-refractivity contribution < 1.29 is 28.2 Å². The Morgan fingerprint density at radius 2 is 1.74 bits per heavy atom. The Balaban J connectivity index is 1.97. The van der Waals surface area contributed by atoms with Gasteiger partial charge in [0.25, 0.3) is 0 Å². The second-order valence-corrected chi connectivity index (χ2v) is 8.26. The monoisotopic (exact) mass is 445 g/mol. The van der Waals surface area contributed by atoms with Gasteiger partial charge in [0, 0.05) is 5.69 Å². The summed E-state index contributed by atoms with van der Waals surface area (Å²) in [5.41, 5.74) is 2.46. The lowest BCUT2D eigenvalue weighted by atomic mass is 10.1. The number of thioether (sulfide) groups is 1. The van der Waals surface area contributed by atoms with Crippen LogP contribution >= 0.6 is 11.8 Å². The lowest BCUT2D eigenvalue weighted by molar-refractivity contribution is -0.144. The molecule has 31 heavy (non-hydrogen) atoms. The number of hydrogen-bond acceptors (Lipinski definition) is 6. The number of rotatable bonds is 7. The molecular formula is C23H24FNO5S. The average molecular weight is 446 g/mol. The number of nitrogens with zero attached hydrogens (tertiary/aromatic N) is 1. The van der Waals surface area contributed by atoms with Crippen molar-refractivity contribution in [2.24, 2.45) is 0 Å². The highest BCUT2D eigenvalue weighted by Crippen LogP contribution is 2.47. The van der Waals surface area contributed by atoms with E-state index in [0.29, 0.717) is 16.8 Å². The van der Waals surface area contributed by atoms with Crippen LogP contribution in [0.2, 0.25) is 0 Å². The third-order valence-electron chi connectivity index (χ3n) is 4.82. The molecule has 1 fully saturated rings. The van der Waals surface area contributed by atoms with E-state index in [0.717, 1.165) is 5.56 Å². The number of carbonyl (C=O) groups is 3. The zero-order valence-electron chi connectivity index (χ0n) is 17.6. The van der Waals surface area contributed by atoms with Crippen molar-refractivity contribution in [3.63, 3.8) is 0 Å². The Hall–Kier alpha value is -2.87. The molecule has 1 amide bonds. The maximum atomic E-state index is 13.5. The average Bonchev–Trinajstić information content (AvgIpc) is 3.04. The fourth-order valence-corrected chi connectivity index (χ4v) is 4.85. The molecule has 2 atom stereocenters. The number of ether oxygens (including phenoxy) is 2. The van der Waals surface area contributed by atoms with Crippen LogP contribution in [0.4, 0.5) is 10.1 Å². The topological polar surface area (TPSA) is 72.9 Å². The van der Waals surface area contributed by atoms with Crippen LogP contribution in [0.25, 0.3) is 0 Å². The molecule has 8 heteroatoms. The van der Waals surface area contributed by atoms with Gasteiger partial charge in [0.15, 0.2) is 0 Å². The molecule has 1 heterocycles. The summed E-state index contributed by atoms with van der Waals surface area (Å²) in [5, 5.41) is -1.07. The predicted octanol–water partition coefficient (Wildman–Crippen LogP) is 4.41. The van der Waals surface area contributed by atoms with E-state index in [4.69, 9.17) is 9.47 Å². The van der Waals surface area contributed by atoms with Crippen molar-refractivity contribution in [3.05, 3.63) is 65.0 Å². The van der Waals surface area contributed by atoms with Crippen molar-refractivity contribution in [2.75, 3.05) is 18.1 Å². The fraction of sp³-hybridized carbons (Fsp3) is 0.348. The van der Waals surface area contributed by atoms with Gasteiger partial charge in [-0.1, -0.05) is 12.1 Å². The van der Waals surface area contributed by atoms with Crippen LogP contribution in [0.3, 0.4) is 0 Å². The molecule has 3 rings (SSSR count). The first-order valence-corrected chi connectivity index (χ1v) is 11.0. The first-order chi connectivity index (χ1) is 14.8. The number of carbonyl (C=O) groups excluding carboxylic acids is 3. The Labute approximate surface area is 184 Å². The molecule has 1 aliphatic rings. The second kappa shape index (κ2) is 9.96. The molecule has 2 aromatic carbocycles. The number of hydrogen-bond donors (Lipinski definition) is 0. The highest BCUT2D eigenvalue weighted by molar-refractivity contribution is 8.01. The minimum Gasteiger partial charge on any atom is -0.466 e. The van der Waals surface area contributed by atoms with E-state index in [1.807, 2.05) is 0 Å². The molecule has 0 radical (unpaired) electrons. The molecule has 1 aliphatic heterocycles. The summed E-state index contributed by atoms with van der Waals surface area (Å²) in [6.07, 6.45) is -0.0501. The van der Waals surface area contributed by atoms with Gasteiger partial charge in [-0.2, -0.15) is 0 Å². The number of benzene rings is 2. The molecule has 0 spiro atoms. The van der Waals surface area contributed by atoms with Crippen LogP contribution in [0, 0.1) is 12.7 Å². The van der Waals surface area contributed by atoms with E-state index in [2.05, 4.69) is 0 Å². The van der Waals surface area contributed by atoms with E-state index in [-0.39, 0.29) is 31.4 Å². The van der Waals surface area contributed by atoms with Crippen molar-refractivity contribution in [1.29, 1.82) is 0 Å². The molecular weight excluding hydrogens is 421 g/mol. The molecule has 164 valence electrons. The summed E-state index contributed by atoms with van der Waals surface area (Å²) in [6.45, 7) is 5.75. The van der Waals surface area contributed by atoms with Crippen LogP contribution in [-0.2, 0) is 19.1 Å². The van der Waals surface area contributed by atoms with Gasteiger partial charge in [-0.3, -0.25) is 14.5 Å². The standard InChI is InChI=1S/C23H24FNO5S/c1-4-29-20(26)13-19-21(27)25(22(31-19)15-6-9-17(24)10-7-15)18-11-8-16(12-14(18)3)23(28)30-5-2/h6-12,19,22H,4-5,13H2,1-3H3. The number of aryl methyl sites for hydroxylation is 1. The lowest BCUT2D eigenvalue weighted by Crippen LogP contribution is -2.32. The number of amides is 1. The molecule has 2 unspecified atom stereocenters. The normalized spacial score (nSPS) is 18.2. The van der Waals surface area contributed by atoms with Gasteiger partial charge < -0.3 is 9.47 Å². The maximum absolute atomic E-state index is 13.5. The summed E-state index contributed by atoms with van der Waals surface area (Å²) in [5.74, 6) is -1.49. The van der Waals surface area contributed by atoms with Gasteiger partial charge in [-0.25, -0.2) is 9.18 Å². The molecule has 1 saturated heterocycles. The van der Waals surface area contributed by atoms with Gasteiger partial charge in [0.1, 0.15) is 11.2 Å². The largest absolute Gasteiger partial charge is 0.466 e. The molecule has 0 bridgehead atoms. The van der Waals surface area contributed by atoms with Gasteiger partial charge in [-0.15, -0.1) is 11.8 Å². The Morgan fingerprint density at radius 3 is 2.35 bits per heavy atom. The summed E-state index contributed by atoms with van der Waals surface area (Å²) in [4.78, 5) is 39.0. The van der Waals surface area contributed by atoms with Gasteiger partial charge in [-0.05, 0) is 62.2 Å². The summed E-state index contributed by atoms with van der Waals surface area (Å²) >= 11 is 1.32. The van der Waals surface area contributed by atoms with Crippen LogP contribution in [0.15, 0.2) is 42.5 Å². The molecule has 0 aliphatic carbocycles. The summed E-state index contributed by atoms with van der Waals surface area (Å²) in [6, 6.07) is 10.9. The Morgan fingerprint density at radius 1 is 1.06 bits per heavy atom. The Bertz CT molecular complexity index is 978. The molecule has 0 aromatic heterocycles. The van der Waals surface area contributed by atoms with Crippen molar-refractivity contribution in [3.8, 4) is 0 Å². The maximum Gasteiger partial charge on any atom is 0.338 e. The van der Waals surface area contributed by atoms with Gasteiger partial charge >= 0.3 is 11.9 Å². The van der Waals surface area contributed by atoms with Crippen LogP contribution < -0.4 is 4.90 Å². The summed E-state index contributed by atoms with van der Waals surface area (Å²) in [7, 11) is 0. The van der Waals surface area contributed by atoms with Crippen LogP contribution in [0.5, 0.6) is 0 Å². The first-order valence-electron chi connectivity index (χ1n) is 10.0. The minimum atomic E-state index is -0.627. The van der Waals surface area contributed by atoms with E-state index in [1.54, 1.807) is 56.0 Å². The molecule has 2 aromatic rings. The number of esters is 2. The van der Waals surface area contributed by atoms with E-state index in [9.17, 15) is 18.8 Å². The third-order valence-corrected chi connectivity index (χ3v) is 6.26. The highest BCUT2D eigenvalue weighted by Gasteiger charge is 2.43. The molecule has 6 nitrogen and oxygen atoms in total. The number of halogens is 1. The van der Waals surface area contributed by atoms with E-state index in [1.165, 1.54) is 23.9 Å². The van der Waals surface area contributed by atoms with Crippen molar-refractivity contribution in [1.82, 2.24) is 0 Å². The SMILES string of the molecule is CCOC(=O)CC1SC(c2ccc(F)cc2)N(c2ccc(C(=O)OCC)cc2C)C1=O. The number of anilines is 1. The second-order valence-electron chi connectivity index (χ2n) is 6.97. The lowest BCUT2D eigenvalue weighted by Gasteiger charge is -2.26. The predicted molar refractivity (Wildman–Crippen MR) is 116 cm³/mol. The zero-order chi connectivity index (χ0) is 22.5. The van der Waals surface area contributed by atoms with Gasteiger partial charge in [0.05, 0.1) is 30.4 Å². The van der Waals surface area contributed by atoms with Gasteiger partial charge in [0.2, 0.25) is 5.91 Å². The minimum absolute atomic E-state index is 0.0501. The smallest absolute Gasteiger partial charge is 0.338 e. The first kappa shape index (κ1) is 22.8. The zero-order valence-corrected chi connectivity index (χ0v) is 18.4. The van der Waals surface area contributed by atoms with Crippen LogP contribution in [-0.4, -0.2) is 36.3 Å². The summed E-state index contributed by atoms with van der Waals surface area (Å²) < 4.78 is 23.5. The van der Waals surface area contributed by atoms with E-state index < -0.39 is 22.6 Å². The molecule has 0 N–H and O–H groups in total. The quantitative estimate of drug-likeness (QED) is 0.588. The Kier molecular flexibility index (Phi) is 7.33. The van der Waals surface area contributed by atoms with Crippen molar-refractivity contribution in [2.45, 2.75) is 37.8 Å². The highest BCUT2D eigenvalue weighted by atomic mass is 32.2. The fourth-order valence-electron chi connectivity index (χ4n) is 3.42.